The molecule has 0 spiro atoms. The van der Waals surface area contributed by atoms with Gasteiger partial charge in [-0.2, -0.15) is 25.5 Å². The number of thioether (sulfide) groups is 1. The predicted molar refractivity (Wildman–Crippen MR) is 279 cm³/mol. The maximum atomic E-state index is 13.0. The molecule has 0 saturated carbocycles. The zero-order chi connectivity index (χ0) is 47.0. The summed E-state index contributed by atoms with van der Waals surface area (Å²) in [5.74, 6) is 2.93. The summed E-state index contributed by atoms with van der Waals surface area (Å²) < 4.78 is 6.32. The van der Waals surface area contributed by atoms with Gasteiger partial charge in [0.05, 0.1) is 20.0 Å². The minimum absolute atomic E-state index is 0. The van der Waals surface area contributed by atoms with Gasteiger partial charge in [-0.15, -0.1) is 11.3 Å². The highest BCUT2D eigenvalue weighted by Gasteiger charge is 2.26. The second kappa shape index (κ2) is 41.3. The third-order valence-electron chi connectivity index (χ3n) is 12.6. The molecular formula is C52H84Br3N5O4S5. The lowest BCUT2D eigenvalue weighted by Crippen LogP contribution is -3.00. The van der Waals surface area contributed by atoms with Crippen molar-refractivity contribution in [2.75, 3.05) is 44.3 Å². The molecule has 4 aromatic heterocycles. The fourth-order valence-electron chi connectivity index (χ4n) is 8.43. The molecule has 9 nitrogen and oxygen atoms in total. The number of aliphatic hydroxyl groups excluding tert-OH is 1. The van der Waals surface area contributed by atoms with Gasteiger partial charge in [-0.3, -0.25) is 14.4 Å². The van der Waals surface area contributed by atoms with Crippen molar-refractivity contribution in [3.8, 4) is 0 Å². The zero-order valence-electron chi connectivity index (χ0n) is 42.0. The van der Waals surface area contributed by atoms with Crippen LogP contribution < -0.4 is 64.6 Å². The number of unbranched alkanes of at least 4 members (excludes halogenated alkanes) is 13. The van der Waals surface area contributed by atoms with Crippen LogP contribution in [0.25, 0.3) is 0 Å². The maximum absolute atomic E-state index is 13.0. The number of halogens is 3. The summed E-state index contributed by atoms with van der Waals surface area (Å²) in [6, 6.07) is 3.80. The van der Waals surface area contributed by atoms with Crippen molar-refractivity contribution in [2.24, 2.45) is 0 Å². The van der Waals surface area contributed by atoms with Gasteiger partial charge < -0.3 is 65.9 Å². The number of aryl methyl sites for hydroxylation is 2. The van der Waals surface area contributed by atoms with Gasteiger partial charge in [0.2, 0.25) is 41.9 Å². The van der Waals surface area contributed by atoms with Crippen LogP contribution in [0.3, 0.4) is 0 Å². The number of rotatable bonds is 27. The van der Waals surface area contributed by atoms with Gasteiger partial charge in [-0.1, -0.05) is 144 Å². The van der Waals surface area contributed by atoms with Crippen LogP contribution in [0.15, 0.2) is 45.6 Å². The first-order valence-electron chi connectivity index (χ1n) is 25.5. The number of carbonyl (C=O) groups is 3. The lowest BCUT2D eigenvalue weighted by atomic mass is 10.0. The number of hydrogen-bond acceptors (Lipinski definition) is 9. The monoisotopic (exact) mass is 1240 g/mol. The number of thiazole rings is 3. The number of likely N-dealkylation sites (tertiary alicyclic amines) is 1. The Morgan fingerprint density at radius 1 is 0.594 bits per heavy atom. The molecule has 0 bridgehead atoms. The van der Waals surface area contributed by atoms with E-state index in [2.05, 4.69) is 45.8 Å². The summed E-state index contributed by atoms with van der Waals surface area (Å²) in [5.41, 5.74) is 8.96. The Labute approximate surface area is 468 Å². The lowest BCUT2D eigenvalue weighted by Gasteiger charge is -2.24. The average Bonchev–Trinajstić information content (AvgIpc) is 4.16. The molecule has 4 aromatic rings. The minimum Gasteiger partial charge on any atom is -1.00 e. The second-order valence-corrected chi connectivity index (χ2v) is 22.7. The average molecular weight is 1240 g/mol. The molecular weight excluding hydrogens is 1160 g/mol. The quantitative estimate of drug-likeness (QED) is 0.0564. The summed E-state index contributed by atoms with van der Waals surface area (Å²) in [7, 11) is 0. The number of ketones is 1. The molecule has 2 aliphatic rings. The van der Waals surface area contributed by atoms with Crippen molar-refractivity contribution in [3.63, 3.8) is 0 Å². The fourth-order valence-corrected chi connectivity index (χ4v) is 12.7. The van der Waals surface area contributed by atoms with E-state index >= 15 is 0 Å². The standard InChI is InChI=1S/C27H49N2OS.C16H22NO2S2.C9H13N2OS2.3BrH/c1-3-5-7-9-11-15-19-25-26(20-16-12-10-8-6-4-2)31-24-29(25)23-27(30)28-21-17-13-14-18-22-28;1-13-15(7-4-2-3-5-9-18)21-12-17(13)11-14(19)16-8-6-10-20-16;12-9(7-10-1-4-14-8-10)11-2-5-13-6-3-11;;;/h24H,3-23H2,1-2H3;6,8,10,12,18H,2-5,7,9,11H2,1H3;1,4,8H,2-3,5-7H2;3*1H/q3*+1;;;/p-3. The zero-order valence-corrected chi connectivity index (χ0v) is 50.9. The van der Waals surface area contributed by atoms with Crippen LogP contribution in [-0.4, -0.2) is 76.8 Å². The third-order valence-corrected chi connectivity index (χ3v) is 17.3. The van der Waals surface area contributed by atoms with Crippen LogP contribution in [-0.2, 0) is 48.5 Å². The number of aromatic nitrogens is 3. The lowest BCUT2D eigenvalue weighted by molar-refractivity contribution is -0.688. The van der Waals surface area contributed by atoms with Crippen LogP contribution in [0.1, 0.15) is 173 Å². The molecule has 6 rings (SSSR count). The van der Waals surface area contributed by atoms with E-state index in [1.165, 1.54) is 137 Å². The summed E-state index contributed by atoms with van der Waals surface area (Å²) >= 11 is 8.69. The SMILES string of the molecule is CCCCCCCCc1sc[n+](CC(=O)N2CCCCCC2)c1CCCCCCCC.Cc1c(CCCCCCO)sc[n+]1CC(=O)c1cccs1.O=C(C[n+]1ccsc1)N1CCSCC1.[Br-].[Br-].[Br-]. The molecule has 2 aliphatic heterocycles. The Hall–Kier alpha value is -1.05. The first-order valence-corrected chi connectivity index (χ1v) is 30.2. The van der Waals surface area contributed by atoms with Gasteiger partial charge in [0.15, 0.2) is 17.6 Å². The molecule has 0 radical (unpaired) electrons. The molecule has 0 unspecified atom stereocenters. The number of carbonyl (C=O) groups excluding carboxylic acids is 3. The van der Waals surface area contributed by atoms with Gasteiger partial charge in [0, 0.05) is 57.6 Å². The number of amides is 2. The van der Waals surface area contributed by atoms with Gasteiger partial charge in [-0.05, 0) is 62.8 Å². The van der Waals surface area contributed by atoms with Gasteiger partial charge in [0.25, 0.3) is 11.8 Å². The number of thiophene rings is 1. The van der Waals surface area contributed by atoms with E-state index < -0.39 is 0 Å². The Morgan fingerprint density at radius 2 is 1.14 bits per heavy atom. The van der Waals surface area contributed by atoms with Crippen molar-refractivity contribution in [1.82, 2.24) is 9.80 Å². The van der Waals surface area contributed by atoms with E-state index in [1.807, 2.05) is 67.2 Å². The molecule has 2 fully saturated rings. The maximum Gasteiger partial charge on any atom is 0.288 e. The summed E-state index contributed by atoms with van der Waals surface area (Å²) in [4.78, 5) is 44.7. The van der Waals surface area contributed by atoms with Crippen molar-refractivity contribution in [2.45, 2.75) is 188 Å². The van der Waals surface area contributed by atoms with Crippen LogP contribution in [0, 0.1) is 6.92 Å². The highest BCUT2D eigenvalue weighted by Crippen LogP contribution is 2.21. The van der Waals surface area contributed by atoms with Crippen molar-refractivity contribution >= 4 is 74.7 Å². The highest BCUT2D eigenvalue weighted by atomic mass is 79.9. The van der Waals surface area contributed by atoms with Crippen LogP contribution in [0.4, 0.5) is 0 Å². The Kier molecular flexibility index (Phi) is 39.5. The largest absolute Gasteiger partial charge is 1.00 e. The number of Topliss-reactive ketones (excluding diaryl/α,β-unsaturated/α-hetero) is 1. The van der Waals surface area contributed by atoms with E-state index in [0.717, 1.165) is 81.1 Å². The van der Waals surface area contributed by atoms with Crippen LogP contribution in [0.2, 0.25) is 0 Å². The van der Waals surface area contributed by atoms with Crippen molar-refractivity contribution in [1.29, 1.82) is 0 Å². The third kappa shape index (κ3) is 26.6. The molecule has 2 saturated heterocycles. The van der Waals surface area contributed by atoms with E-state index in [-0.39, 0.29) is 62.6 Å². The normalized spacial score (nSPS) is 13.4. The van der Waals surface area contributed by atoms with Gasteiger partial charge >= 0.3 is 0 Å². The minimum atomic E-state index is 0. The molecule has 6 heterocycles. The molecule has 0 atom stereocenters. The van der Waals surface area contributed by atoms with Crippen LogP contribution >= 0.6 is 57.1 Å². The second-order valence-electron chi connectivity index (χ2n) is 17.9. The number of hydrogen-bond donors (Lipinski definition) is 1. The number of nitrogens with zero attached hydrogens (tertiary/aromatic N) is 5. The summed E-state index contributed by atoms with van der Waals surface area (Å²) in [5, 5.41) is 12.7. The highest BCUT2D eigenvalue weighted by molar-refractivity contribution is 7.99. The number of aliphatic hydroxyl groups is 1. The first kappa shape index (κ1) is 66.0. The van der Waals surface area contributed by atoms with Crippen molar-refractivity contribution < 1.29 is 84.1 Å². The Bertz CT molecular complexity index is 1880. The molecule has 1 N–H and O–H groups in total. The summed E-state index contributed by atoms with van der Waals surface area (Å²) in [6.45, 7) is 12.2. The molecule has 0 aliphatic carbocycles. The smallest absolute Gasteiger partial charge is 0.288 e. The van der Waals surface area contributed by atoms with E-state index in [1.54, 1.807) is 27.6 Å². The fraction of sp³-hybridized carbons (Fsp3) is 0.692. The van der Waals surface area contributed by atoms with Gasteiger partial charge in [0.1, 0.15) is 0 Å². The van der Waals surface area contributed by atoms with E-state index in [4.69, 9.17) is 5.11 Å². The Balaban J connectivity index is 0.000000543. The predicted octanol–water partition coefficient (Wildman–Crippen LogP) is 2.25. The topological polar surface area (TPSA) is 89.6 Å². The molecule has 69 heavy (non-hydrogen) atoms. The van der Waals surface area contributed by atoms with Gasteiger partial charge in [-0.25, -0.2) is 0 Å². The Morgan fingerprint density at radius 3 is 1.74 bits per heavy atom. The molecule has 2 amide bonds. The first-order chi connectivity index (χ1) is 32.3. The molecule has 17 heteroatoms. The molecule has 392 valence electrons. The van der Waals surface area contributed by atoms with Crippen molar-refractivity contribution in [3.05, 3.63) is 71.6 Å². The summed E-state index contributed by atoms with van der Waals surface area (Å²) in [6.07, 6.45) is 30.7. The van der Waals surface area contributed by atoms with Crippen LogP contribution in [0.5, 0.6) is 0 Å². The molecule has 0 aromatic carbocycles. The van der Waals surface area contributed by atoms with E-state index in [9.17, 15) is 14.4 Å². The van der Waals surface area contributed by atoms with E-state index in [0.29, 0.717) is 32.1 Å².